The molecule has 0 aromatic heterocycles. The molecular formula is C26H43F2NO4. The summed E-state index contributed by atoms with van der Waals surface area (Å²) in [6, 6.07) is 0. The Bertz CT molecular complexity index is 765. The van der Waals surface area contributed by atoms with Gasteiger partial charge in [-0.05, 0) is 92.4 Å². The minimum absolute atomic E-state index is 0.000857. The molecule has 3 N–H and O–H groups in total. The smallest absolute Gasteiger partial charge is 0.305 e. The molecule has 190 valence electrons. The topological polar surface area (TPSA) is 78.8 Å². The molecule has 4 aliphatic carbocycles. The fourth-order valence-electron chi connectivity index (χ4n) is 9.37. The van der Waals surface area contributed by atoms with Crippen LogP contribution in [0.1, 0.15) is 78.6 Å². The third-order valence-corrected chi connectivity index (χ3v) is 11.1. The summed E-state index contributed by atoms with van der Waals surface area (Å²) in [4.78, 5) is 11.7. The Morgan fingerprint density at radius 1 is 1.15 bits per heavy atom. The molecule has 0 spiro atoms. The second kappa shape index (κ2) is 8.41. The van der Waals surface area contributed by atoms with Gasteiger partial charge in [-0.25, -0.2) is 8.78 Å². The molecule has 5 nitrogen and oxygen atoms in total. The van der Waals surface area contributed by atoms with Gasteiger partial charge < -0.3 is 20.3 Å². The summed E-state index contributed by atoms with van der Waals surface area (Å²) < 4.78 is 34.6. The van der Waals surface area contributed by atoms with Crippen LogP contribution in [0.2, 0.25) is 0 Å². The highest BCUT2D eigenvalue weighted by molar-refractivity contribution is 5.69. The van der Waals surface area contributed by atoms with Crippen molar-refractivity contribution in [3.63, 3.8) is 0 Å². The Morgan fingerprint density at radius 2 is 1.85 bits per heavy atom. The lowest BCUT2D eigenvalue weighted by Crippen LogP contribution is -2.73. The number of aliphatic hydroxyl groups is 2. The maximum Gasteiger partial charge on any atom is 0.305 e. The zero-order valence-electron chi connectivity index (χ0n) is 20.9. The molecule has 0 heterocycles. The van der Waals surface area contributed by atoms with Crippen LogP contribution in [0.3, 0.4) is 0 Å². The Balaban J connectivity index is 1.62. The minimum atomic E-state index is -3.11. The van der Waals surface area contributed by atoms with E-state index < -0.39 is 29.1 Å². The van der Waals surface area contributed by atoms with Gasteiger partial charge in [0, 0.05) is 18.4 Å². The molecule has 0 saturated heterocycles. The highest BCUT2D eigenvalue weighted by Crippen LogP contribution is 2.70. The average molecular weight is 472 g/mol. The number of methoxy groups -OCH3 is 1. The number of ether oxygens (including phenoxy) is 1. The normalized spacial score (nSPS) is 49.5. The number of carbonyl (C=O) groups excluding carboxylic acids is 1. The van der Waals surface area contributed by atoms with E-state index in [4.69, 9.17) is 4.74 Å². The zero-order valence-corrected chi connectivity index (χ0v) is 20.9. The Morgan fingerprint density at radius 3 is 2.48 bits per heavy atom. The second-order valence-corrected chi connectivity index (χ2v) is 12.3. The lowest BCUT2D eigenvalue weighted by atomic mass is 9.41. The molecule has 0 radical (unpaired) electrons. The van der Waals surface area contributed by atoms with E-state index in [1.54, 1.807) is 7.05 Å². The lowest BCUT2D eigenvalue weighted by Gasteiger charge is -2.67. The number of carbonyl (C=O) groups is 1. The molecule has 4 saturated carbocycles. The SMILES string of the molecule is CN[C@]12CC(O)C3C4CC[C@H]([C@H](C)CCC(=O)OC)[C@@]4(C)CCC3[C@@]1(C)CC(F)(F)[C@H](O)C2. The minimum Gasteiger partial charge on any atom is -0.469 e. The van der Waals surface area contributed by atoms with Gasteiger partial charge in [-0.1, -0.05) is 20.8 Å². The first kappa shape index (κ1) is 25.3. The number of hydrogen-bond donors (Lipinski definition) is 3. The summed E-state index contributed by atoms with van der Waals surface area (Å²) in [7, 11) is 3.22. The molecule has 0 aliphatic heterocycles. The van der Waals surface area contributed by atoms with Gasteiger partial charge in [-0.15, -0.1) is 0 Å². The van der Waals surface area contributed by atoms with Crippen LogP contribution >= 0.6 is 0 Å². The van der Waals surface area contributed by atoms with Crippen molar-refractivity contribution in [2.75, 3.05) is 14.2 Å². The number of esters is 1. The number of fused-ring (bicyclic) bond motifs is 5. The van der Waals surface area contributed by atoms with Crippen LogP contribution in [-0.2, 0) is 9.53 Å². The molecule has 33 heavy (non-hydrogen) atoms. The first-order valence-electron chi connectivity index (χ1n) is 12.8. The van der Waals surface area contributed by atoms with Crippen molar-refractivity contribution in [2.45, 2.75) is 102 Å². The predicted octanol–water partition coefficient (Wildman–Crippen LogP) is 4.15. The van der Waals surface area contributed by atoms with Crippen molar-refractivity contribution in [2.24, 2.45) is 40.4 Å². The molecule has 0 aromatic rings. The van der Waals surface area contributed by atoms with Gasteiger partial charge in [-0.2, -0.15) is 0 Å². The Kier molecular flexibility index (Phi) is 6.45. The maximum absolute atomic E-state index is 14.9. The Labute approximate surface area is 197 Å². The largest absolute Gasteiger partial charge is 0.469 e. The van der Waals surface area contributed by atoms with E-state index in [0.29, 0.717) is 30.6 Å². The van der Waals surface area contributed by atoms with Gasteiger partial charge in [-0.3, -0.25) is 4.79 Å². The van der Waals surface area contributed by atoms with Gasteiger partial charge >= 0.3 is 5.97 Å². The number of nitrogens with one attached hydrogen (secondary N) is 1. The fraction of sp³-hybridized carbons (Fsp3) is 0.962. The van der Waals surface area contributed by atoms with Crippen molar-refractivity contribution in [1.29, 1.82) is 0 Å². The van der Waals surface area contributed by atoms with Gasteiger partial charge in [0.05, 0.1) is 13.2 Å². The number of aliphatic hydroxyl groups excluding tert-OH is 2. The van der Waals surface area contributed by atoms with Gasteiger partial charge in [0.2, 0.25) is 0 Å². The fourth-order valence-corrected chi connectivity index (χ4v) is 9.37. The second-order valence-electron chi connectivity index (χ2n) is 12.3. The first-order valence-corrected chi connectivity index (χ1v) is 12.8. The molecular weight excluding hydrogens is 428 g/mol. The molecule has 4 fully saturated rings. The van der Waals surface area contributed by atoms with Gasteiger partial charge in [0.1, 0.15) is 6.10 Å². The van der Waals surface area contributed by atoms with Crippen molar-refractivity contribution in [1.82, 2.24) is 5.32 Å². The zero-order chi connectivity index (χ0) is 24.4. The standard InChI is InChI=1S/C26H43F2NO4/c1-15(6-9-21(32)33-5)16-7-8-17-22-18(10-11-23(16,17)2)24(3)14-26(27,28)20(31)13-25(24,29-4)12-19(22)30/h15-20,22,29-31H,6-14H2,1-5H3/t15-,16-,17?,18?,19?,20-,22?,23-,24-,25+/m1/s1. The van der Waals surface area contributed by atoms with Crippen LogP contribution in [0.25, 0.3) is 0 Å². The van der Waals surface area contributed by atoms with E-state index in [1.165, 1.54) is 7.11 Å². The summed E-state index contributed by atoms with van der Waals surface area (Å²) in [5, 5.41) is 25.1. The summed E-state index contributed by atoms with van der Waals surface area (Å²) in [6.07, 6.45) is 2.86. The number of alkyl halides is 2. The molecule has 4 rings (SSSR count). The maximum atomic E-state index is 14.9. The highest BCUT2D eigenvalue weighted by atomic mass is 19.3. The first-order chi connectivity index (χ1) is 15.3. The third kappa shape index (κ3) is 3.67. The van der Waals surface area contributed by atoms with E-state index in [2.05, 4.69) is 19.2 Å². The molecule has 10 atom stereocenters. The van der Waals surface area contributed by atoms with Crippen LogP contribution < -0.4 is 5.32 Å². The molecule has 0 aromatic carbocycles. The molecule has 0 bridgehead atoms. The Hall–Kier alpha value is -0.790. The third-order valence-electron chi connectivity index (χ3n) is 11.1. The van der Waals surface area contributed by atoms with E-state index in [9.17, 15) is 23.8 Å². The molecule has 0 amide bonds. The number of hydrogen-bond acceptors (Lipinski definition) is 5. The molecule has 7 heteroatoms. The van der Waals surface area contributed by atoms with Crippen molar-refractivity contribution < 1.29 is 28.5 Å². The summed E-state index contributed by atoms with van der Waals surface area (Å²) in [5.74, 6) is -2.16. The van der Waals surface area contributed by atoms with E-state index in [-0.39, 0.29) is 36.1 Å². The van der Waals surface area contributed by atoms with E-state index in [1.807, 2.05) is 6.92 Å². The van der Waals surface area contributed by atoms with Crippen LogP contribution in [0.5, 0.6) is 0 Å². The summed E-state index contributed by atoms with van der Waals surface area (Å²) in [6.45, 7) is 6.55. The quantitative estimate of drug-likeness (QED) is 0.525. The lowest BCUT2D eigenvalue weighted by molar-refractivity contribution is -0.249. The summed E-state index contributed by atoms with van der Waals surface area (Å²) in [5.41, 5.74) is -1.33. The van der Waals surface area contributed by atoms with E-state index in [0.717, 1.165) is 32.1 Å². The average Bonchev–Trinajstić information content (AvgIpc) is 3.10. The number of rotatable bonds is 5. The highest BCUT2D eigenvalue weighted by Gasteiger charge is 2.70. The molecule has 4 unspecified atom stereocenters. The molecule has 4 aliphatic rings. The monoisotopic (exact) mass is 471 g/mol. The van der Waals surface area contributed by atoms with Crippen molar-refractivity contribution in [3.8, 4) is 0 Å². The van der Waals surface area contributed by atoms with Crippen molar-refractivity contribution in [3.05, 3.63) is 0 Å². The number of halogens is 2. The van der Waals surface area contributed by atoms with Crippen molar-refractivity contribution >= 4 is 5.97 Å². The summed E-state index contributed by atoms with van der Waals surface area (Å²) >= 11 is 0. The van der Waals surface area contributed by atoms with Gasteiger partial charge in [0.15, 0.2) is 0 Å². The van der Waals surface area contributed by atoms with Crippen LogP contribution in [0.15, 0.2) is 0 Å². The van der Waals surface area contributed by atoms with Crippen LogP contribution in [0.4, 0.5) is 8.78 Å². The van der Waals surface area contributed by atoms with E-state index >= 15 is 0 Å². The van der Waals surface area contributed by atoms with Gasteiger partial charge in [0.25, 0.3) is 5.92 Å². The van der Waals surface area contributed by atoms with Crippen LogP contribution in [-0.4, -0.2) is 54.0 Å². The predicted molar refractivity (Wildman–Crippen MR) is 122 cm³/mol. The van der Waals surface area contributed by atoms with Crippen LogP contribution in [0, 0.1) is 40.4 Å².